The molecule has 0 fully saturated rings. The zero-order valence-corrected chi connectivity index (χ0v) is 23.0. The number of methoxy groups -OCH3 is 1. The van der Waals surface area contributed by atoms with Crippen molar-refractivity contribution in [1.29, 1.82) is 0 Å². The first-order chi connectivity index (χ1) is 18.6. The predicted molar refractivity (Wildman–Crippen MR) is 155 cm³/mol. The van der Waals surface area contributed by atoms with E-state index in [-0.39, 0.29) is 18.0 Å². The molecular formula is C34H42O4. The van der Waals surface area contributed by atoms with Gasteiger partial charge in [-0.15, -0.1) is 0 Å². The maximum absolute atomic E-state index is 12.6. The number of hydrogen-bond donors (Lipinski definition) is 0. The number of benzene rings is 3. The van der Waals surface area contributed by atoms with Crippen molar-refractivity contribution in [3.63, 3.8) is 0 Å². The average molecular weight is 515 g/mol. The summed E-state index contributed by atoms with van der Waals surface area (Å²) in [6.07, 6.45) is 13.0. The first kappa shape index (κ1) is 29.2. The molecule has 0 spiro atoms. The zero-order chi connectivity index (χ0) is 27.0. The Morgan fingerprint density at radius 3 is 1.47 bits per heavy atom. The molecule has 0 aromatic heterocycles. The highest BCUT2D eigenvalue weighted by atomic mass is 16.5. The molecule has 0 aliphatic carbocycles. The third-order valence-electron chi connectivity index (χ3n) is 6.89. The number of rotatable bonds is 18. The lowest BCUT2D eigenvalue weighted by atomic mass is 9.99. The van der Waals surface area contributed by atoms with Crippen LogP contribution in [0.15, 0.2) is 72.8 Å². The molecule has 3 aromatic rings. The molecule has 0 atom stereocenters. The summed E-state index contributed by atoms with van der Waals surface area (Å²) in [5, 5.41) is 0. The second-order valence-electron chi connectivity index (χ2n) is 9.88. The molecule has 0 bridgehead atoms. The molecule has 0 unspecified atom stereocenters. The van der Waals surface area contributed by atoms with E-state index in [4.69, 9.17) is 9.47 Å². The number of hydrogen-bond acceptors (Lipinski definition) is 4. The van der Waals surface area contributed by atoms with Crippen molar-refractivity contribution in [2.45, 2.75) is 77.6 Å². The van der Waals surface area contributed by atoms with Crippen LogP contribution in [0.25, 0.3) is 11.1 Å². The van der Waals surface area contributed by atoms with Crippen LogP contribution >= 0.6 is 0 Å². The Labute approximate surface area is 228 Å². The van der Waals surface area contributed by atoms with E-state index in [0.717, 1.165) is 29.9 Å². The van der Waals surface area contributed by atoms with Crippen molar-refractivity contribution in [3.05, 3.63) is 83.9 Å². The van der Waals surface area contributed by atoms with Crippen molar-refractivity contribution < 1.29 is 19.1 Å². The minimum atomic E-state index is -0.199. The van der Waals surface area contributed by atoms with Gasteiger partial charge in [0, 0.05) is 11.1 Å². The summed E-state index contributed by atoms with van der Waals surface area (Å²) in [6.45, 7) is 3.01. The van der Waals surface area contributed by atoms with E-state index >= 15 is 0 Å². The van der Waals surface area contributed by atoms with E-state index in [1.54, 1.807) is 43.5 Å². The highest BCUT2D eigenvalue weighted by Crippen LogP contribution is 2.24. The summed E-state index contributed by atoms with van der Waals surface area (Å²) < 4.78 is 11.0. The summed E-state index contributed by atoms with van der Waals surface area (Å²) in [5.74, 6) is 1.17. The van der Waals surface area contributed by atoms with Crippen molar-refractivity contribution in [3.8, 4) is 22.6 Å². The lowest BCUT2D eigenvalue weighted by Gasteiger charge is -2.08. The van der Waals surface area contributed by atoms with E-state index in [1.165, 1.54) is 57.8 Å². The molecule has 0 N–H and O–H groups in total. The molecule has 0 amide bonds. The Morgan fingerprint density at radius 2 is 0.974 bits per heavy atom. The Balaban J connectivity index is 1.37. The fourth-order valence-corrected chi connectivity index (χ4v) is 4.50. The normalized spacial score (nSPS) is 10.8. The van der Waals surface area contributed by atoms with Crippen molar-refractivity contribution in [2.24, 2.45) is 0 Å². The molecule has 4 nitrogen and oxygen atoms in total. The van der Waals surface area contributed by atoms with E-state index in [0.29, 0.717) is 16.9 Å². The van der Waals surface area contributed by atoms with Crippen molar-refractivity contribution in [2.75, 3.05) is 13.7 Å². The molecule has 0 aliphatic rings. The highest BCUT2D eigenvalue weighted by molar-refractivity contribution is 6.13. The highest BCUT2D eigenvalue weighted by Gasteiger charge is 2.14. The number of ketones is 2. The van der Waals surface area contributed by atoms with Gasteiger partial charge in [-0.1, -0.05) is 101 Å². The summed E-state index contributed by atoms with van der Waals surface area (Å²) in [5.41, 5.74) is 3.12. The number of ether oxygens (including phenoxy) is 2. The fourth-order valence-electron chi connectivity index (χ4n) is 4.50. The third-order valence-corrected chi connectivity index (χ3v) is 6.89. The van der Waals surface area contributed by atoms with E-state index in [1.807, 2.05) is 36.4 Å². The molecule has 202 valence electrons. The Morgan fingerprint density at radius 1 is 0.553 bits per heavy atom. The summed E-state index contributed by atoms with van der Waals surface area (Å²) in [4.78, 5) is 25.1. The molecular weight excluding hydrogens is 472 g/mol. The Kier molecular flexibility index (Phi) is 12.6. The lowest BCUT2D eigenvalue weighted by molar-refractivity contribution is 0.0894. The van der Waals surface area contributed by atoms with Gasteiger partial charge in [0.2, 0.25) is 0 Å². The second-order valence-corrected chi connectivity index (χ2v) is 9.88. The van der Waals surface area contributed by atoms with Gasteiger partial charge in [0.25, 0.3) is 0 Å². The lowest BCUT2D eigenvalue weighted by Crippen LogP contribution is -2.08. The topological polar surface area (TPSA) is 52.6 Å². The van der Waals surface area contributed by atoms with Gasteiger partial charge in [-0.3, -0.25) is 9.59 Å². The van der Waals surface area contributed by atoms with E-state index in [9.17, 15) is 9.59 Å². The van der Waals surface area contributed by atoms with Gasteiger partial charge < -0.3 is 9.47 Å². The number of Topliss-reactive ketones (excluding diaryl/α,β-unsaturated/α-hetero) is 2. The average Bonchev–Trinajstić information content (AvgIpc) is 2.96. The molecule has 0 saturated heterocycles. The van der Waals surface area contributed by atoms with Crippen LogP contribution in [0.1, 0.15) is 98.3 Å². The van der Waals surface area contributed by atoms with Gasteiger partial charge in [0.1, 0.15) is 11.5 Å². The van der Waals surface area contributed by atoms with Gasteiger partial charge in [-0.05, 0) is 53.9 Å². The number of unbranched alkanes of at least 4 members (excludes halogenated alkanes) is 9. The van der Waals surface area contributed by atoms with Crippen molar-refractivity contribution >= 4 is 11.6 Å². The van der Waals surface area contributed by atoms with Crippen LogP contribution in [0, 0.1) is 0 Å². The largest absolute Gasteiger partial charge is 0.497 e. The van der Waals surface area contributed by atoms with Crippen LogP contribution in [0.4, 0.5) is 0 Å². The Bertz CT molecular complexity index is 1100. The monoisotopic (exact) mass is 514 g/mol. The van der Waals surface area contributed by atoms with Gasteiger partial charge in [0.15, 0.2) is 11.6 Å². The van der Waals surface area contributed by atoms with Gasteiger partial charge >= 0.3 is 0 Å². The van der Waals surface area contributed by atoms with Crippen LogP contribution in [0.3, 0.4) is 0 Å². The summed E-state index contributed by atoms with van der Waals surface area (Å²) in [6, 6.07) is 22.3. The van der Waals surface area contributed by atoms with E-state index in [2.05, 4.69) is 6.92 Å². The van der Waals surface area contributed by atoms with Gasteiger partial charge in [-0.25, -0.2) is 0 Å². The van der Waals surface area contributed by atoms with Crippen LogP contribution in [0.2, 0.25) is 0 Å². The number of carbonyl (C=O) groups is 2. The zero-order valence-electron chi connectivity index (χ0n) is 23.0. The standard InChI is InChI=1S/C34H42O4/c1-3-4-5-6-7-8-9-10-11-12-25-38-32-23-17-28(18-24-32)27-13-15-29(16-14-27)33(35)26-34(36)30-19-21-31(37-2)22-20-30/h13-24H,3-12,25-26H2,1-2H3. The van der Waals surface area contributed by atoms with Crippen LogP contribution < -0.4 is 9.47 Å². The maximum Gasteiger partial charge on any atom is 0.170 e. The molecule has 38 heavy (non-hydrogen) atoms. The SMILES string of the molecule is CCCCCCCCCCCCOc1ccc(-c2ccc(C(=O)CC(=O)c3ccc(OC)cc3)cc2)cc1. The molecule has 3 rings (SSSR count). The smallest absolute Gasteiger partial charge is 0.170 e. The maximum atomic E-state index is 12.6. The summed E-state index contributed by atoms with van der Waals surface area (Å²) in [7, 11) is 1.58. The Hall–Kier alpha value is -3.40. The van der Waals surface area contributed by atoms with Gasteiger partial charge in [-0.2, -0.15) is 0 Å². The first-order valence-corrected chi connectivity index (χ1v) is 14.1. The second kappa shape index (κ2) is 16.4. The van der Waals surface area contributed by atoms with Crippen LogP contribution in [0.5, 0.6) is 11.5 Å². The predicted octanol–water partition coefficient (Wildman–Crippen LogP) is 9.12. The first-order valence-electron chi connectivity index (χ1n) is 14.1. The minimum absolute atomic E-state index is 0.156. The third kappa shape index (κ3) is 9.81. The fraction of sp³-hybridized carbons (Fsp3) is 0.412. The molecule has 0 saturated carbocycles. The molecule has 4 heteroatoms. The van der Waals surface area contributed by atoms with Crippen LogP contribution in [-0.2, 0) is 0 Å². The molecule has 0 aliphatic heterocycles. The minimum Gasteiger partial charge on any atom is -0.497 e. The van der Waals surface area contributed by atoms with Crippen molar-refractivity contribution in [1.82, 2.24) is 0 Å². The number of carbonyl (C=O) groups excluding carboxylic acids is 2. The van der Waals surface area contributed by atoms with Crippen LogP contribution in [-0.4, -0.2) is 25.3 Å². The molecule has 0 heterocycles. The van der Waals surface area contributed by atoms with E-state index < -0.39 is 0 Å². The quantitative estimate of drug-likeness (QED) is 0.0965. The molecule has 3 aromatic carbocycles. The van der Waals surface area contributed by atoms with Gasteiger partial charge in [0.05, 0.1) is 20.1 Å². The summed E-state index contributed by atoms with van der Waals surface area (Å²) >= 11 is 0. The molecule has 0 radical (unpaired) electrons.